The highest BCUT2D eigenvalue weighted by molar-refractivity contribution is 6.31. The van der Waals surface area contributed by atoms with Crippen LogP contribution in [0, 0.1) is 0 Å². The number of rotatable bonds is 12. The zero-order valence-electron chi connectivity index (χ0n) is 31.6. The van der Waals surface area contributed by atoms with Gasteiger partial charge in [-0.15, -0.1) is 0 Å². The summed E-state index contributed by atoms with van der Waals surface area (Å²) in [6.45, 7) is 2.23. The van der Waals surface area contributed by atoms with E-state index in [4.69, 9.17) is 16.3 Å². The van der Waals surface area contributed by atoms with E-state index < -0.39 is 58.8 Å². The lowest BCUT2D eigenvalue weighted by Gasteiger charge is -2.53. The van der Waals surface area contributed by atoms with Crippen molar-refractivity contribution in [2.45, 2.75) is 87.9 Å². The predicted octanol–water partition coefficient (Wildman–Crippen LogP) is 7.09. The minimum Gasteiger partial charge on any atom is -0.447 e. The van der Waals surface area contributed by atoms with Gasteiger partial charge in [0, 0.05) is 45.2 Å². The van der Waals surface area contributed by atoms with Gasteiger partial charge in [-0.2, -0.15) is 13.2 Å². The van der Waals surface area contributed by atoms with Gasteiger partial charge in [-0.3, -0.25) is 24.2 Å². The Morgan fingerprint density at radius 2 is 1.60 bits per heavy atom. The van der Waals surface area contributed by atoms with Gasteiger partial charge < -0.3 is 19.9 Å². The quantitative estimate of drug-likeness (QED) is 0.196. The average Bonchev–Trinajstić information content (AvgIpc) is 3.60. The molecule has 4 amide bonds. The number of piperazine rings is 1. The van der Waals surface area contributed by atoms with Crippen LogP contribution in [0.5, 0.6) is 0 Å². The molecular weight excluding hydrogens is 759 g/mol. The van der Waals surface area contributed by atoms with E-state index in [-0.39, 0.29) is 37.5 Å². The maximum absolute atomic E-state index is 14.6. The van der Waals surface area contributed by atoms with Crippen molar-refractivity contribution in [3.63, 3.8) is 0 Å². The number of benzene rings is 3. The second-order valence-corrected chi connectivity index (χ2v) is 15.6. The van der Waals surface area contributed by atoms with E-state index in [9.17, 15) is 32.3 Å². The first-order valence-corrected chi connectivity index (χ1v) is 20.1. The third-order valence-corrected chi connectivity index (χ3v) is 12.0. The van der Waals surface area contributed by atoms with Crippen molar-refractivity contribution in [3.8, 4) is 0 Å². The summed E-state index contributed by atoms with van der Waals surface area (Å²) in [6.07, 6.45) is 4.09. The summed E-state index contributed by atoms with van der Waals surface area (Å²) in [5.74, 6) is -1.21. The summed E-state index contributed by atoms with van der Waals surface area (Å²) >= 11 is 5.79. The Hall–Kier alpha value is -4.88. The molecule has 0 unspecified atom stereocenters. The fourth-order valence-corrected chi connectivity index (χ4v) is 8.83. The number of carbonyl (C=O) groups excluding carboxylic acids is 4. The topological polar surface area (TPSA) is 103 Å². The molecule has 1 saturated carbocycles. The molecule has 4 atom stereocenters. The van der Waals surface area contributed by atoms with Gasteiger partial charge in [-0.1, -0.05) is 110 Å². The van der Waals surface area contributed by atoms with Gasteiger partial charge in [-0.05, 0) is 48.1 Å². The summed E-state index contributed by atoms with van der Waals surface area (Å²) in [5.41, 5.74) is 0.877. The van der Waals surface area contributed by atoms with E-state index in [1.807, 2.05) is 72.8 Å². The molecule has 3 heterocycles. The van der Waals surface area contributed by atoms with Gasteiger partial charge in [0.2, 0.25) is 17.7 Å². The molecule has 57 heavy (non-hydrogen) atoms. The molecule has 3 aromatic rings. The zero-order chi connectivity index (χ0) is 40.1. The third-order valence-electron chi connectivity index (χ3n) is 11.6. The van der Waals surface area contributed by atoms with Crippen LogP contribution in [-0.2, 0) is 31.8 Å². The smallest absolute Gasteiger partial charge is 0.417 e. The third kappa shape index (κ3) is 9.15. The Kier molecular flexibility index (Phi) is 12.5. The number of hydrogen-bond acceptors (Lipinski definition) is 6. The largest absolute Gasteiger partial charge is 0.447 e. The van der Waals surface area contributed by atoms with E-state index in [0.29, 0.717) is 32.2 Å². The summed E-state index contributed by atoms with van der Waals surface area (Å²) in [6, 6.07) is 19.5. The Labute approximate surface area is 335 Å². The molecule has 3 aromatic carbocycles. The van der Waals surface area contributed by atoms with Crippen LogP contribution in [0.1, 0.15) is 73.2 Å². The second-order valence-electron chi connectivity index (χ2n) is 15.2. The molecule has 0 bridgehead atoms. The van der Waals surface area contributed by atoms with E-state index in [2.05, 4.69) is 10.2 Å². The Balaban J connectivity index is 1.14. The summed E-state index contributed by atoms with van der Waals surface area (Å²) in [5, 5.41) is 2.23. The first-order chi connectivity index (χ1) is 27.5. The standard InChI is InChI=1S/C43H47ClF3N5O5/c44-34-18-16-30(26-33(34)43(45,46)47)27-48-38(53)21-20-36(40(54)50-24-22-49(23-25-50)32-14-8-3-9-15-32)51-35(19-17-29-10-4-1-5-11-29)39(41(51)55)52-37(28-57-42(52)56)31-12-6-2-7-13-31/h1-2,4-7,10-13,16-19,26,32,35-37,39H,3,8-9,14-15,20-25,27-28H2,(H,48,53)/b19-17+/t35-,36+,37-,39+/m1/s1. The number of carbonyl (C=O) groups is 4. The normalized spacial score (nSPS) is 22.7. The molecule has 4 fully saturated rings. The zero-order valence-corrected chi connectivity index (χ0v) is 32.3. The highest BCUT2D eigenvalue weighted by Crippen LogP contribution is 2.40. The van der Waals surface area contributed by atoms with Crippen LogP contribution in [-0.4, -0.2) is 100 Å². The molecular formula is C43H47ClF3N5O5. The Bertz CT molecular complexity index is 1940. The predicted molar refractivity (Wildman–Crippen MR) is 209 cm³/mol. The number of hydrogen-bond donors (Lipinski definition) is 1. The molecule has 14 heteroatoms. The fraction of sp³-hybridized carbons (Fsp3) is 0.442. The van der Waals surface area contributed by atoms with Crippen LogP contribution in [0.3, 0.4) is 0 Å². The highest BCUT2D eigenvalue weighted by atomic mass is 35.5. The van der Waals surface area contributed by atoms with Crippen molar-refractivity contribution in [2.24, 2.45) is 0 Å². The summed E-state index contributed by atoms with van der Waals surface area (Å²) in [7, 11) is 0. The molecule has 1 N–H and O–H groups in total. The van der Waals surface area contributed by atoms with Crippen LogP contribution in [0.15, 0.2) is 84.9 Å². The number of β-lactam (4-membered cyclic amide) rings is 1. The first-order valence-electron chi connectivity index (χ1n) is 19.7. The molecule has 7 rings (SSSR count). The molecule has 0 aromatic heterocycles. The van der Waals surface area contributed by atoms with Crippen LogP contribution in [0.2, 0.25) is 5.02 Å². The van der Waals surface area contributed by atoms with Gasteiger partial charge in [0.1, 0.15) is 18.7 Å². The molecule has 3 aliphatic heterocycles. The molecule has 1 aliphatic carbocycles. The maximum Gasteiger partial charge on any atom is 0.417 e. The number of likely N-dealkylation sites (tertiary alicyclic amines) is 1. The molecule has 0 spiro atoms. The van der Waals surface area contributed by atoms with E-state index in [1.165, 1.54) is 35.1 Å². The van der Waals surface area contributed by atoms with Crippen molar-refractivity contribution >= 4 is 41.5 Å². The van der Waals surface area contributed by atoms with E-state index in [0.717, 1.165) is 36.1 Å². The van der Waals surface area contributed by atoms with Gasteiger partial charge in [0.25, 0.3) is 0 Å². The van der Waals surface area contributed by atoms with Gasteiger partial charge in [-0.25, -0.2) is 4.79 Å². The maximum atomic E-state index is 14.6. The Morgan fingerprint density at radius 1 is 0.912 bits per heavy atom. The van der Waals surface area contributed by atoms with E-state index >= 15 is 0 Å². The molecule has 302 valence electrons. The van der Waals surface area contributed by atoms with Crippen LogP contribution < -0.4 is 5.32 Å². The highest BCUT2D eigenvalue weighted by Gasteiger charge is 2.58. The van der Waals surface area contributed by atoms with Crippen LogP contribution in [0.4, 0.5) is 18.0 Å². The fourth-order valence-electron chi connectivity index (χ4n) is 8.61. The number of ether oxygens (including phenoxy) is 1. The second kappa shape index (κ2) is 17.7. The van der Waals surface area contributed by atoms with Gasteiger partial charge in [0.05, 0.1) is 22.7 Å². The number of amides is 4. The van der Waals surface area contributed by atoms with Crippen molar-refractivity contribution in [1.82, 2.24) is 24.9 Å². The number of nitrogens with one attached hydrogen (secondary N) is 1. The van der Waals surface area contributed by atoms with Crippen molar-refractivity contribution < 1.29 is 37.1 Å². The number of nitrogens with zero attached hydrogens (tertiary/aromatic N) is 4. The minimum absolute atomic E-state index is 0.0391. The number of halogens is 4. The molecule has 4 aliphatic rings. The van der Waals surface area contributed by atoms with Gasteiger partial charge in [0.15, 0.2) is 0 Å². The SMILES string of the molecule is O=C(CC[C@@H](C(=O)N1CCN(C2CCCCC2)CC1)N1C(=O)[C@@H](N2C(=O)OC[C@@H]2c2ccccc2)[C@H]1/C=C/c1ccccc1)NCc1ccc(Cl)c(C(F)(F)F)c1. The first kappa shape index (κ1) is 40.3. The van der Waals surface area contributed by atoms with Gasteiger partial charge >= 0.3 is 12.3 Å². The molecule has 0 radical (unpaired) electrons. The van der Waals surface area contributed by atoms with E-state index in [1.54, 1.807) is 4.90 Å². The summed E-state index contributed by atoms with van der Waals surface area (Å²) in [4.78, 5) is 63.1. The number of cyclic esters (lactones) is 1. The minimum atomic E-state index is -4.66. The van der Waals surface area contributed by atoms with Crippen LogP contribution >= 0.6 is 11.6 Å². The lowest BCUT2D eigenvalue weighted by molar-refractivity contribution is -0.166. The monoisotopic (exact) mass is 805 g/mol. The van der Waals surface area contributed by atoms with Crippen LogP contribution in [0.25, 0.3) is 6.08 Å². The Morgan fingerprint density at radius 3 is 2.28 bits per heavy atom. The summed E-state index contributed by atoms with van der Waals surface area (Å²) < 4.78 is 46.0. The van der Waals surface area contributed by atoms with Crippen molar-refractivity contribution in [1.29, 1.82) is 0 Å². The lowest BCUT2D eigenvalue weighted by atomic mass is 9.87. The molecule has 10 nitrogen and oxygen atoms in total. The van der Waals surface area contributed by atoms with Crippen molar-refractivity contribution in [2.75, 3.05) is 32.8 Å². The number of alkyl halides is 3. The lowest BCUT2D eigenvalue weighted by Crippen LogP contribution is -2.74. The molecule has 3 saturated heterocycles. The van der Waals surface area contributed by atoms with Crippen molar-refractivity contribution in [3.05, 3.63) is 112 Å². The average molecular weight is 806 g/mol.